The summed E-state index contributed by atoms with van der Waals surface area (Å²) in [5, 5.41) is 3.96. The third kappa shape index (κ3) is 4.38. The van der Waals surface area contributed by atoms with Gasteiger partial charge in [0.1, 0.15) is 0 Å². The summed E-state index contributed by atoms with van der Waals surface area (Å²) in [6, 6.07) is 13.3. The predicted molar refractivity (Wildman–Crippen MR) is 103 cm³/mol. The molecule has 1 aliphatic heterocycles. The van der Waals surface area contributed by atoms with E-state index >= 15 is 0 Å². The molecular formula is C17H15Cl2NOS2. The maximum Gasteiger partial charge on any atom is 0.228 e. The van der Waals surface area contributed by atoms with Crippen molar-refractivity contribution in [2.45, 2.75) is 11.0 Å². The lowest BCUT2D eigenvalue weighted by Gasteiger charge is -2.12. The Morgan fingerprint density at radius 2 is 1.74 bits per heavy atom. The molecule has 1 aliphatic rings. The van der Waals surface area contributed by atoms with Crippen LogP contribution in [0, 0.1) is 0 Å². The van der Waals surface area contributed by atoms with Crippen molar-refractivity contribution >= 4 is 58.3 Å². The average Bonchev–Trinajstić information content (AvgIpc) is 3.06. The molecule has 3 rings (SSSR count). The zero-order valence-corrected chi connectivity index (χ0v) is 15.4. The molecule has 6 heteroatoms. The van der Waals surface area contributed by atoms with E-state index in [9.17, 15) is 4.79 Å². The molecule has 1 saturated heterocycles. The fourth-order valence-electron chi connectivity index (χ4n) is 2.38. The van der Waals surface area contributed by atoms with Gasteiger partial charge in [-0.1, -0.05) is 41.4 Å². The molecule has 1 amide bonds. The van der Waals surface area contributed by atoms with Crippen molar-refractivity contribution in [3.05, 3.63) is 63.6 Å². The second kappa shape index (κ2) is 7.84. The molecule has 1 heterocycles. The molecule has 2 aromatic carbocycles. The third-order valence-corrected chi connectivity index (χ3v) is 7.28. The van der Waals surface area contributed by atoms with Gasteiger partial charge in [0.15, 0.2) is 0 Å². The number of carbonyl (C=O) groups is 1. The van der Waals surface area contributed by atoms with Crippen molar-refractivity contribution in [2.75, 3.05) is 16.8 Å². The minimum atomic E-state index is -0.121. The molecule has 0 aliphatic carbocycles. The van der Waals surface area contributed by atoms with Crippen LogP contribution < -0.4 is 5.32 Å². The maximum atomic E-state index is 12.3. The number of hydrogen-bond donors (Lipinski definition) is 1. The topological polar surface area (TPSA) is 29.1 Å². The zero-order chi connectivity index (χ0) is 16.2. The van der Waals surface area contributed by atoms with E-state index in [1.54, 1.807) is 18.2 Å². The molecule has 120 valence electrons. The van der Waals surface area contributed by atoms with Gasteiger partial charge in [0, 0.05) is 27.2 Å². The highest BCUT2D eigenvalue weighted by molar-refractivity contribution is 8.19. The van der Waals surface area contributed by atoms with Crippen molar-refractivity contribution in [2.24, 2.45) is 0 Å². The Morgan fingerprint density at radius 3 is 2.43 bits per heavy atom. The lowest BCUT2D eigenvalue weighted by atomic mass is 10.1. The second-order valence-electron chi connectivity index (χ2n) is 5.12. The van der Waals surface area contributed by atoms with Gasteiger partial charge in [0.25, 0.3) is 0 Å². The molecule has 0 aromatic heterocycles. The minimum Gasteiger partial charge on any atom is -0.326 e. The number of anilines is 1. The fraction of sp³-hybridized carbons (Fsp3) is 0.235. The molecule has 0 bridgehead atoms. The monoisotopic (exact) mass is 383 g/mol. The maximum absolute atomic E-state index is 12.3. The summed E-state index contributed by atoms with van der Waals surface area (Å²) in [7, 11) is 0. The fourth-order valence-corrected chi connectivity index (χ4v) is 5.75. The van der Waals surface area contributed by atoms with Crippen LogP contribution in [0.15, 0.2) is 42.5 Å². The van der Waals surface area contributed by atoms with E-state index in [0.29, 0.717) is 20.2 Å². The Hall–Kier alpha value is -0.810. The van der Waals surface area contributed by atoms with Crippen LogP contribution in [0.25, 0.3) is 0 Å². The number of rotatable bonds is 4. The minimum absolute atomic E-state index is 0.121. The van der Waals surface area contributed by atoms with Crippen LogP contribution in [-0.4, -0.2) is 17.4 Å². The van der Waals surface area contributed by atoms with E-state index in [2.05, 4.69) is 11.4 Å². The van der Waals surface area contributed by atoms with E-state index in [1.165, 1.54) is 17.1 Å². The lowest BCUT2D eigenvalue weighted by Crippen LogP contribution is -2.15. The molecular weight excluding hydrogens is 369 g/mol. The molecule has 0 radical (unpaired) electrons. The van der Waals surface area contributed by atoms with Crippen LogP contribution in [0.5, 0.6) is 0 Å². The van der Waals surface area contributed by atoms with Gasteiger partial charge in [-0.25, -0.2) is 0 Å². The predicted octanol–water partition coefficient (Wildman–Crippen LogP) is 5.65. The third-order valence-electron chi connectivity index (χ3n) is 3.46. The summed E-state index contributed by atoms with van der Waals surface area (Å²) in [4.78, 5) is 12.3. The zero-order valence-electron chi connectivity index (χ0n) is 12.2. The van der Waals surface area contributed by atoms with Crippen molar-refractivity contribution in [1.82, 2.24) is 0 Å². The number of hydrogen-bond acceptors (Lipinski definition) is 3. The standard InChI is InChI=1S/C17H15Cl2NOS2/c18-14-5-2-6-15(19)13(14)10-16(21)20-12-4-1-3-11(9-12)17-22-7-8-23-17/h1-6,9,17H,7-8,10H2,(H,20,21). The van der Waals surface area contributed by atoms with Crippen LogP contribution >= 0.6 is 46.7 Å². The van der Waals surface area contributed by atoms with Gasteiger partial charge in [-0.2, -0.15) is 0 Å². The first-order valence-electron chi connectivity index (χ1n) is 7.19. The van der Waals surface area contributed by atoms with Crippen LogP contribution in [0.2, 0.25) is 10.0 Å². The van der Waals surface area contributed by atoms with Gasteiger partial charge in [-0.3, -0.25) is 4.79 Å². The number of benzene rings is 2. The van der Waals surface area contributed by atoms with Crippen molar-refractivity contribution in [3.63, 3.8) is 0 Å². The number of carbonyl (C=O) groups excluding carboxylic acids is 1. The molecule has 23 heavy (non-hydrogen) atoms. The molecule has 2 aromatic rings. The molecule has 0 spiro atoms. The summed E-state index contributed by atoms with van der Waals surface area (Å²) >= 11 is 16.1. The van der Waals surface area contributed by atoms with Gasteiger partial charge in [0.2, 0.25) is 5.91 Å². The smallest absolute Gasteiger partial charge is 0.228 e. The first kappa shape index (κ1) is 17.0. The van der Waals surface area contributed by atoms with Crippen molar-refractivity contribution in [1.29, 1.82) is 0 Å². The van der Waals surface area contributed by atoms with Crippen molar-refractivity contribution < 1.29 is 4.79 Å². The SMILES string of the molecule is O=C(Cc1c(Cl)cccc1Cl)Nc1cccc(C2SCCS2)c1. The molecule has 2 nitrogen and oxygen atoms in total. The quantitative estimate of drug-likeness (QED) is 0.738. The summed E-state index contributed by atoms with van der Waals surface area (Å²) in [6.07, 6.45) is 0.162. The Morgan fingerprint density at radius 1 is 1.09 bits per heavy atom. The van der Waals surface area contributed by atoms with Gasteiger partial charge in [-0.05, 0) is 35.4 Å². The molecule has 0 atom stereocenters. The summed E-state index contributed by atoms with van der Waals surface area (Å²) in [6.45, 7) is 0. The Balaban J connectivity index is 1.69. The highest BCUT2D eigenvalue weighted by atomic mass is 35.5. The van der Waals surface area contributed by atoms with Crippen LogP contribution in [-0.2, 0) is 11.2 Å². The Kier molecular flexibility index (Phi) is 5.81. The van der Waals surface area contributed by atoms with Gasteiger partial charge >= 0.3 is 0 Å². The van der Waals surface area contributed by atoms with E-state index in [0.717, 1.165) is 5.69 Å². The summed E-state index contributed by atoms with van der Waals surface area (Å²) < 4.78 is 0.463. The molecule has 0 saturated carbocycles. The number of nitrogens with one attached hydrogen (secondary N) is 1. The van der Waals surface area contributed by atoms with E-state index < -0.39 is 0 Å². The lowest BCUT2D eigenvalue weighted by molar-refractivity contribution is -0.115. The van der Waals surface area contributed by atoms with Crippen LogP contribution in [0.3, 0.4) is 0 Å². The van der Waals surface area contributed by atoms with E-state index in [1.807, 2.05) is 41.7 Å². The second-order valence-corrected chi connectivity index (χ2v) is 8.66. The number of halogens is 2. The first-order chi connectivity index (χ1) is 11.1. The van der Waals surface area contributed by atoms with Gasteiger partial charge in [0.05, 0.1) is 11.0 Å². The normalized spacial score (nSPS) is 14.9. The van der Waals surface area contributed by atoms with Gasteiger partial charge in [-0.15, -0.1) is 23.5 Å². The van der Waals surface area contributed by atoms with Crippen LogP contribution in [0.1, 0.15) is 15.7 Å². The average molecular weight is 384 g/mol. The first-order valence-corrected chi connectivity index (χ1v) is 10.0. The highest BCUT2D eigenvalue weighted by Gasteiger charge is 2.18. The Bertz CT molecular complexity index is 697. The largest absolute Gasteiger partial charge is 0.326 e. The number of amides is 1. The molecule has 1 N–H and O–H groups in total. The highest BCUT2D eigenvalue weighted by Crippen LogP contribution is 2.45. The van der Waals surface area contributed by atoms with Crippen LogP contribution in [0.4, 0.5) is 5.69 Å². The summed E-state index contributed by atoms with van der Waals surface area (Å²) in [5.41, 5.74) is 2.71. The molecule has 0 unspecified atom stereocenters. The Labute approximate surface area is 154 Å². The summed E-state index contributed by atoms with van der Waals surface area (Å²) in [5.74, 6) is 2.23. The number of thioether (sulfide) groups is 2. The van der Waals surface area contributed by atoms with Gasteiger partial charge < -0.3 is 5.32 Å². The van der Waals surface area contributed by atoms with Crippen molar-refractivity contribution in [3.8, 4) is 0 Å². The molecule has 1 fully saturated rings. The van der Waals surface area contributed by atoms with E-state index in [4.69, 9.17) is 23.2 Å². The van der Waals surface area contributed by atoms with E-state index in [-0.39, 0.29) is 12.3 Å².